The second kappa shape index (κ2) is 8.78. The molecule has 2 aliphatic carbocycles. The Morgan fingerprint density at radius 1 is 1.17 bits per heavy atom. The largest absolute Gasteiger partial charge is 0.483 e. The lowest BCUT2D eigenvalue weighted by molar-refractivity contribution is -0.121. The van der Waals surface area contributed by atoms with Crippen LogP contribution in [0.25, 0.3) is 17.1 Å². The van der Waals surface area contributed by atoms with Gasteiger partial charge in [0.1, 0.15) is 5.75 Å². The van der Waals surface area contributed by atoms with E-state index in [0.29, 0.717) is 17.2 Å². The Bertz CT molecular complexity index is 1400. The van der Waals surface area contributed by atoms with Crippen molar-refractivity contribution in [2.75, 3.05) is 7.05 Å². The monoisotopic (exact) mass is 466 g/mol. The van der Waals surface area contributed by atoms with E-state index in [1.54, 1.807) is 18.5 Å². The number of benzene rings is 2. The van der Waals surface area contributed by atoms with Crippen LogP contribution in [0.1, 0.15) is 49.3 Å². The van der Waals surface area contributed by atoms with Gasteiger partial charge in [0.2, 0.25) is 0 Å². The summed E-state index contributed by atoms with van der Waals surface area (Å²) in [7, 11) is 1.83. The maximum absolute atomic E-state index is 13.2. The average molecular weight is 467 g/mol. The van der Waals surface area contributed by atoms with Gasteiger partial charge < -0.3 is 15.8 Å². The van der Waals surface area contributed by atoms with Crippen molar-refractivity contribution in [2.45, 2.75) is 44.2 Å². The molecule has 178 valence electrons. The molecule has 35 heavy (non-hydrogen) atoms. The summed E-state index contributed by atoms with van der Waals surface area (Å²) in [6.45, 7) is 8.00. The molecule has 0 saturated heterocycles. The summed E-state index contributed by atoms with van der Waals surface area (Å²) < 4.78 is 6.26. The van der Waals surface area contributed by atoms with Crippen molar-refractivity contribution in [3.05, 3.63) is 95.0 Å². The van der Waals surface area contributed by atoms with E-state index in [1.807, 2.05) is 31.3 Å². The molecular weight excluding hydrogens is 436 g/mol. The minimum atomic E-state index is -0.832. The number of aromatic nitrogens is 2. The van der Waals surface area contributed by atoms with E-state index in [-0.39, 0.29) is 11.9 Å². The third-order valence-electron chi connectivity index (χ3n) is 7.11. The summed E-state index contributed by atoms with van der Waals surface area (Å²) in [6, 6.07) is 12.1. The molecule has 0 amide bonds. The van der Waals surface area contributed by atoms with Crippen molar-refractivity contribution in [3.63, 3.8) is 0 Å². The number of carbonyl (C=O) groups is 1. The second-order valence-corrected chi connectivity index (χ2v) is 9.40. The van der Waals surface area contributed by atoms with Gasteiger partial charge in [0, 0.05) is 34.8 Å². The first-order chi connectivity index (χ1) is 16.9. The Kier molecular flexibility index (Phi) is 5.77. The normalized spacial score (nSPS) is 22.1. The Hall–Kier alpha value is -3.77. The standard InChI is InChI=1S/C19H22N2O2.C10H8N2/c1-10(2)11-7-8-13-15(9-11)23-18-12-5-4-6-14(20)16(12)17(22)19(13,18)21-3;1-2-8-3-4-9-10(7-8)12-6-5-11-9/h5,7-10,18,21H,4,6,20H2,1-3H3;2-7H,1H2. The fourth-order valence-corrected chi connectivity index (χ4v) is 5.21. The van der Waals surface area contributed by atoms with E-state index < -0.39 is 5.54 Å². The van der Waals surface area contributed by atoms with Gasteiger partial charge in [-0.1, -0.05) is 50.8 Å². The number of Topliss-reactive ketones (excluding diaryl/α,β-unsaturated/α-hetero) is 1. The zero-order chi connectivity index (χ0) is 24.7. The first-order valence-corrected chi connectivity index (χ1v) is 12.0. The number of likely N-dealkylation sites (N-methyl/N-ethyl adjacent to an activating group) is 1. The summed E-state index contributed by atoms with van der Waals surface area (Å²) in [5.74, 6) is 1.28. The molecule has 0 bridgehead atoms. The summed E-state index contributed by atoms with van der Waals surface area (Å²) in [5, 5.41) is 3.27. The number of ether oxygens (including phenoxy) is 1. The van der Waals surface area contributed by atoms with Crippen molar-refractivity contribution in [1.82, 2.24) is 15.3 Å². The van der Waals surface area contributed by atoms with Crippen molar-refractivity contribution < 1.29 is 9.53 Å². The van der Waals surface area contributed by atoms with E-state index in [0.717, 1.165) is 46.3 Å². The topological polar surface area (TPSA) is 90.1 Å². The zero-order valence-electron chi connectivity index (χ0n) is 20.3. The molecule has 1 fully saturated rings. The van der Waals surface area contributed by atoms with E-state index in [4.69, 9.17) is 10.5 Å². The minimum absolute atomic E-state index is 0.0458. The molecule has 0 spiro atoms. The molecule has 2 atom stereocenters. The summed E-state index contributed by atoms with van der Waals surface area (Å²) in [4.78, 5) is 21.6. The highest BCUT2D eigenvalue weighted by atomic mass is 16.5. The first kappa shape index (κ1) is 23.0. The molecule has 1 saturated carbocycles. The number of rotatable bonds is 3. The number of allylic oxidation sites excluding steroid dienone is 2. The van der Waals surface area contributed by atoms with E-state index >= 15 is 0 Å². The van der Waals surface area contributed by atoms with Crippen LogP contribution in [0.4, 0.5) is 0 Å². The SMILES string of the molecule is C=Cc1ccc2nccnc2c1.CNC12C(=O)C3=C(N)CCC=C3C1Oc1cc(C(C)C)ccc12. The van der Waals surface area contributed by atoms with Gasteiger partial charge >= 0.3 is 0 Å². The fraction of sp³-hybridized carbons (Fsp3) is 0.276. The van der Waals surface area contributed by atoms with Gasteiger partial charge in [-0.25, -0.2) is 0 Å². The summed E-state index contributed by atoms with van der Waals surface area (Å²) in [6.07, 6.45) is 8.59. The number of nitrogens with zero attached hydrogens (tertiary/aromatic N) is 2. The molecule has 3 aromatic rings. The van der Waals surface area contributed by atoms with Crippen LogP contribution in [0, 0.1) is 0 Å². The highest BCUT2D eigenvalue weighted by molar-refractivity contribution is 6.13. The van der Waals surface area contributed by atoms with Crippen LogP contribution in [-0.4, -0.2) is 28.9 Å². The molecule has 6 rings (SSSR count). The van der Waals surface area contributed by atoms with Crippen LogP contribution < -0.4 is 15.8 Å². The smallest absolute Gasteiger partial charge is 0.193 e. The number of nitrogens with one attached hydrogen (secondary N) is 1. The molecule has 1 aliphatic heterocycles. The van der Waals surface area contributed by atoms with Crippen LogP contribution in [-0.2, 0) is 10.3 Å². The number of nitrogens with two attached hydrogens (primary N) is 1. The molecule has 2 aromatic carbocycles. The van der Waals surface area contributed by atoms with Gasteiger partial charge in [0.15, 0.2) is 17.4 Å². The number of ketones is 1. The highest BCUT2D eigenvalue weighted by Crippen LogP contribution is 2.54. The van der Waals surface area contributed by atoms with Gasteiger partial charge in [0.05, 0.1) is 11.0 Å². The maximum Gasteiger partial charge on any atom is 0.193 e. The van der Waals surface area contributed by atoms with Crippen molar-refractivity contribution >= 4 is 22.9 Å². The molecule has 2 unspecified atom stereocenters. The van der Waals surface area contributed by atoms with Crippen LogP contribution in [0.5, 0.6) is 5.75 Å². The van der Waals surface area contributed by atoms with Gasteiger partial charge in [-0.2, -0.15) is 0 Å². The van der Waals surface area contributed by atoms with Gasteiger partial charge in [-0.15, -0.1) is 0 Å². The van der Waals surface area contributed by atoms with Crippen LogP contribution >= 0.6 is 0 Å². The van der Waals surface area contributed by atoms with Gasteiger partial charge in [-0.3, -0.25) is 14.8 Å². The first-order valence-electron chi connectivity index (χ1n) is 12.0. The number of hydrogen-bond donors (Lipinski definition) is 2. The van der Waals surface area contributed by atoms with Crippen molar-refractivity contribution in [1.29, 1.82) is 0 Å². The highest BCUT2D eigenvalue weighted by Gasteiger charge is 2.62. The Labute approximate surface area is 205 Å². The third kappa shape index (κ3) is 3.56. The van der Waals surface area contributed by atoms with E-state index in [2.05, 4.69) is 53.9 Å². The van der Waals surface area contributed by atoms with Crippen LogP contribution in [0.3, 0.4) is 0 Å². The van der Waals surface area contributed by atoms with Crippen LogP contribution in [0.15, 0.2) is 78.3 Å². The quantitative estimate of drug-likeness (QED) is 0.578. The van der Waals surface area contributed by atoms with Gasteiger partial charge in [0.25, 0.3) is 0 Å². The Balaban J connectivity index is 0.000000178. The molecule has 0 radical (unpaired) electrons. The Morgan fingerprint density at radius 2 is 1.94 bits per heavy atom. The van der Waals surface area contributed by atoms with Gasteiger partial charge in [-0.05, 0) is 55.1 Å². The summed E-state index contributed by atoms with van der Waals surface area (Å²) in [5.41, 5.74) is 12.7. The molecule has 3 aliphatic rings. The lowest BCUT2D eigenvalue weighted by atomic mass is 9.85. The van der Waals surface area contributed by atoms with Crippen molar-refractivity contribution in [2.24, 2.45) is 5.73 Å². The predicted molar refractivity (Wildman–Crippen MR) is 139 cm³/mol. The predicted octanol–water partition coefficient (Wildman–Crippen LogP) is 4.77. The maximum atomic E-state index is 13.2. The lowest BCUT2D eigenvalue weighted by Gasteiger charge is -2.25. The molecule has 2 heterocycles. The molecular formula is C29H30N4O2. The molecule has 3 N–H and O–H groups in total. The zero-order valence-corrected chi connectivity index (χ0v) is 20.3. The fourth-order valence-electron chi connectivity index (χ4n) is 5.21. The molecule has 1 aromatic heterocycles. The average Bonchev–Trinajstić information content (AvgIpc) is 3.34. The molecule has 6 nitrogen and oxygen atoms in total. The lowest BCUT2D eigenvalue weighted by Crippen LogP contribution is -2.50. The minimum Gasteiger partial charge on any atom is -0.483 e. The third-order valence-corrected chi connectivity index (χ3v) is 7.11. The van der Waals surface area contributed by atoms with Crippen molar-refractivity contribution in [3.8, 4) is 5.75 Å². The molecule has 6 heteroatoms. The number of carbonyl (C=O) groups excluding carboxylic acids is 1. The summed E-state index contributed by atoms with van der Waals surface area (Å²) >= 11 is 0. The Morgan fingerprint density at radius 3 is 2.66 bits per heavy atom. The van der Waals surface area contributed by atoms with E-state index in [9.17, 15) is 4.79 Å². The van der Waals surface area contributed by atoms with E-state index in [1.165, 1.54) is 5.56 Å². The number of hydrogen-bond acceptors (Lipinski definition) is 6. The van der Waals surface area contributed by atoms with Crippen LogP contribution in [0.2, 0.25) is 0 Å². The number of fused-ring (bicyclic) bond motifs is 6. The second-order valence-electron chi connectivity index (χ2n) is 9.40.